The second-order valence-corrected chi connectivity index (χ2v) is 7.58. The number of carbonyl (C=O) groups excluding carboxylic acids is 1. The molecule has 0 aliphatic rings. The van der Waals surface area contributed by atoms with E-state index in [1.165, 1.54) is 7.11 Å². The van der Waals surface area contributed by atoms with Gasteiger partial charge < -0.3 is 4.74 Å². The maximum atomic E-state index is 12.0. The predicted molar refractivity (Wildman–Crippen MR) is 113 cm³/mol. The van der Waals surface area contributed by atoms with Crippen molar-refractivity contribution in [2.75, 3.05) is 7.11 Å². The van der Waals surface area contributed by atoms with Crippen LogP contribution in [0, 0.1) is 0 Å². The molecule has 3 aromatic rings. The van der Waals surface area contributed by atoms with Gasteiger partial charge in [-0.15, -0.1) is 0 Å². The van der Waals surface area contributed by atoms with E-state index >= 15 is 0 Å². The average molecular weight is 531 g/mol. The van der Waals surface area contributed by atoms with Gasteiger partial charge in [0.15, 0.2) is 0 Å². The number of alkyl halides is 1. The molecule has 0 saturated carbocycles. The van der Waals surface area contributed by atoms with Gasteiger partial charge in [0.1, 0.15) is 0 Å². The highest BCUT2D eigenvalue weighted by Gasteiger charge is 2.19. The van der Waals surface area contributed by atoms with Crippen LogP contribution in [0.4, 0.5) is 0 Å². The lowest BCUT2D eigenvalue weighted by atomic mass is 9.93. The van der Waals surface area contributed by atoms with Gasteiger partial charge in [0.25, 0.3) is 0 Å². The molecule has 0 radical (unpaired) electrons. The highest BCUT2D eigenvalue weighted by Crippen LogP contribution is 2.36. The molecular formula is C19H14BrClINO2. The lowest BCUT2D eigenvalue weighted by Crippen LogP contribution is -2.10. The van der Waals surface area contributed by atoms with Gasteiger partial charge in [-0.25, -0.2) is 0 Å². The summed E-state index contributed by atoms with van der Waals surface area (Å²) in [5, 5.41) is 1.66. The second-order valence-electron chi connectivity index (χ2n) is 5.47. The molecule has 0 unspecified atom stereocenters. The molecule has 1 aromatic heterocycles. The average Bonchev–Trinajstić information content (AvgIpc) is 2.62. The van der Waals surface area contributed by atoms with Crippen molar-refractivity contribution in [3.63, 3.8) is 0 Å². The fourth-order valence-corrected chi connectivity index (χ4v) is 3.91. The minimum Gasteiger partial charge on any atom is -0.469 e. The molecule has 25 heavy (non-hydrogen) atoms. The number of pyridine rings is 1. The van der Waals surface area contributed by atoms with E-state index in [2.05, 4.69) is 38.5 Å². The molecule has 0 spiro atoms. The van der Waals surface area contributed by atoms with Crippen molar-refractivity contribution in [1.82, 2.24) is 4.98 Å². The SMILES string of the molecule is COC(=O)Cc1c(CI)nc2ccc(Br)cc2c1-c1ccc(Cl)cc1. The molecule has 0 N–H and O–H groups in total. The monoisotopic (exact) mass is 529 g/mol. The van der Waals surface area contributed by atoms with Gasteiger partial charge in [-0.05, 0) is 47.0 Å². The van der Waals surface area contributed by atoms with E-state index in [0.29, 0.717) is 9.45 Å². The molecule has 2 aromatic carbocycles. The molecule has 0 aliphatic carbocycles. The zero-order valence-corrected chi connectivity index (χ0v) is 17.9. The number of benzene rings is 2. The number of hydrogen-bond donors (Lipinski definition) is 0. The van der Waals surface area contributed by atoms with Gasteiger partial charge in [0.2, 0.25) is 0 Å². The van der Waals surface area contributed by atoms with Gasteiger partial charge in [0.05, 0.1) is 24.7 Å². The number of esters is 1. The molecule has 0 fully saturated rings. The zero-order chi connectivity index (χ0) is 18.0. The standard InChI is InChI=1S/C19H14BrClINO2/c1-25-18(24)9-15-17(10-22)23-16-7-4-12(20)8-14(16)19(15)11-2-5-13(21)6-3-11/h2-8H,9-10H2,1H3. The van der Waals surface area contributed by atoms with Crippen molar-refractivity contribution in [2.45, 2.75) is 10.8 Å². The third kappa shape index (κ3) is 3.99. The van der Waals surface area contributed by atoms with Crippen LogP contribution in [0.1, 0.15) is 11.3 Å². The van der Waals surface area contributed by atoms with E-state index < -0.39 is 0 Å². The maximum absolute atomic E-state index is 12.0. The Morgan fingerprint density at radius 3 is 2.60 bits per heavy atom. The van der Waals surface area contributed by atoms with E-state index in [9.17, 15) is 4.79 Å². The fourth-order valence-electron chi connectivity index (χ4n) is 2.79. The summed E-state index contributed by atoms with van der Waals surface area (Å²) >= 11 is 11.9. The Morgan fingerprint density at radius 1 is 1.24 bits per heavy atom. The molecule has 0 bridgehead atoms. The normalized spacial score (nSPS) is 10.9. The first-order valence-corrected chi connectivity index (χ1v) is 10.2. The molecular weight excluding hydrogens is 516 g/mol. The molecule has 0 atom stereocenters. The van der Waals surface area contributed by atoms with Gasteiger partial charge in [-0.1, -0.05) is 62.3 Å². The van der Waals surface area contributed by atoms with Crippen LogP contribution in [0.2, 0.25) is 5.02 Å². The second kappa shape index (κ2) is 8.01. The first kappa shape index (κ1) is 18.6. The quantitative estimate of drug-likeness (QED) is 0.237. The van der Waals surface area contributed by atoms with E-state index in [-0.39, 0.29) is 12.4 Å². The van der Waals surface area contributed by atoms with Crippen LogP contribution in [0.15, 0.2) is 46.9 Å². The van der Waals surface area contributed by atoms with E-state index in [1.54, 1.807) is 0 Å². The van der Waals surface area contributed by atoms with Gasteiger partial charge >= 0.3 is 5.97 Å². The Labute approximate surface area is 173 Å². The third-order valence-corrected chi connectivity index (χ3v) is 5.41. The highest BCUT2D eigenvalue weighted by atomic mass is 127. The van der Waals surface area contributed by atoms with Crippen LogP contribution < -0.4 is 0 Å². The van der Waals surface area contributed by atoms with E-state index in [0.717, 1.165) is 37.8 Å². The van der Waals surface area contributed by atoms with Gasteiger partial charge in [-0.2, -0.15) is 0 Å². The molecule has 0 saturated heterocycles. The fraction of sp³-hybridized carbons (Fsp3) is 0.158. The summed E-state index contributed by atoms with van der Waals surface area (Å²) in [6.07, 6.45) is 0.183. The number of aromatic nitrogens is 1. The lowest BCUT2D eigenvalue weighted by molar-refractivity contribution is -0.139. The molecule has 0 amide bonds. The van der Waals surface area contributed by atoms with Gasteiger partial charge in [0, 0.05) is 19.3 Å². The number of rotatable bonds is 4. The van der Waals surface area contributed by atoms with Crippen molar-refractivity contribution in [2.24, 2.45) is 0 Å². The number of nitrogens with zero attached hydrogens (tertiary/aromatic N) is 1. The van der Waals surface area contributed by atoms with Crippen molar-refractivity contribution in [1.29, 1.82) is 0 Å². The van der Waals surface area contributed by atoms with E-state index in [1.807, 2.05) is 42.5 Å². The number of hydrogen-bond acceptors (Lipinski definition) is 3. The van der Waals surface area contributed by atoms with Crippen LogP contribution in [0.25, 0.3) is 22.0 Å². The smallest absolute Gasteiger partial charge is 0.310 e. The largest absolute Gasteiger partial charge is 0.469 e. The number of ether oxygens (including phenoxy) is 1. The summed E-state index contributed by atoms with van der Waals surface area (Å²) in [6.45, 7) is 0. The minimum atomic E-state index is -0.280. The highest BCUT2D eigenvalue weighted by molar-refractivity contribution is 14.1. The summed E-state index contributed by atoms with van der Waals surface area (Å²) in [4.78, 5) is 16.8. The van der Waals surface area contributed by atoms with Crippen LogP contribution >= 0.6 is 50.1 Å². The summed E-state index contributed by atoms with van der Waals surface area (Å²) in [5.41, 5.74) is 4.69. The van der Waals surface area contributed by atoms with Crippen molar-refractivity contribution >= 4 is 67.0 Å². The summed E-state index contributed by atoms with van der Waals surface area (Å²) in [6, 6.07) is 13.6. The Bertz CT molecular complexity index is 944. The molecule has 3 nitrogen and oxygen atoms in total. The number of fused-ring (bicyclic) bond motifs is 1. The summed E-state index contributed by atoms with van der Waals surface area (Å²) in [5.74, 6) is -0.280. The predicted octanol–water partition coefficient (Wildman–Crippen LogP) is 5.97. The lowest BCUT2D eigenvalue weighted by Gasteiger charge is -2.16. The Balaban J connectivity index is 2.37. The van der Waals surface area contributed by atoms with Crippen LogP contribution in [-0.2, 0) is 20.4 Å². The molecule has 1 heterocycles. The number of carbonyl (C=O) groups is 1. The summed E-state index contributed by atoms with van der Waals surface area (Å²) in [7, 11) is 1.40. The topological polar surface area (TPSA) is 39.2 Å². The number of halogens is 3. The molecule has 3 rings (SSSR count). The molecule has 0 aliphatic heterocycles. The van der Waals surface area contributed by atoms with Crippen molar-refractivity contribution in [3.8, 4) is 11.1 Å². The Kier molecular flexibility index (Phi) is 5.96. The Morgan fingerprint density at radius 2 is 1.96 bits per heavy atom. The molecule has 128 valence electrons. The first-order chi connectivity index (χ1) is 12.0. The first-order valence-electron chi connectivity index (χ1n) is 7.53. The minimum absolute atomic E-state index is 0.183. The van der Waals surface area contributed by atoms with Crippen molar-refractivity contribution < 1.29 is 9.53 Å². The third-order valence-electron chi connectivity index (χ3n) is 3.94. The Hall–Kier alpha value is -1.18. The van der Waals surface area contributed by atoms with Crippen molar-refractivity contribution in [3.05, 3.63) is 63.2 Å². The van der Waals surface area contributed by atoms with Crippen LogP contribution in [-0.4, -0.2) is 18.1 Å². The maximum Gasteiger partial charge on any atom is 0.310 e. The summed E-state index contributed by atoms with van der Waals surface area (Å²) < 4.78 is 6.57. The zero-order valence-electron chi connectivity index (χ0n) is 13.4. The number of methoxy groups -OCH3 is 1. The van der Waals surface area contributed by atoms with Crippen LogP contribution in [0.3, 0.4) is 0 Å². The van der Waals surface area contributed by atoms with Crippen LogP contribution in [0.5, 0.6) is 0 Å². The van der Waals surface area contributed by atoms with E-state index in [4.69, 9.17) is 21.3 Å². The van der Waals surface area contributed by atoms with Gasteiger partial charge in [-0.3, -0.25) is 9.78 Å². The molecule has 6 heteroatoms.